The van der Waals surface area contributed by atoms with Crippen LogP contribution in [0.4, 0.5) is 0 Å². The monoisotopic (exact) mass is 290 g/mol. The molecule has 0 aliphatic rings. The Bertz CT molecular complexity index is 307. The number of carbonyl (C=O) groups excluding carboxylic acids is 2. The third kappa shape index (κ3) is 9.55. The molecule has 0 aliphatic carbocycles. The summed E-state index contributed by atoms with van der Waals surface area (Å²) in [5.74, 6) is 1.10. The highest BCUT2D eigenvalue weighted by Gasteiger charge is 2.14. The first-order valence-electron chi connectivity index (χ1n) is 6.35. The predicted molar refractivity (Wildman–Crippen MR) is 75.6 cm³/mol. The van der Waals surface area contributed by atoms with Crippen molar-refractivity contribution in [2.24, 2.45) is 5.92 Å². The number of rotatable bonds is 10. The van der Waals surface area contributed by atoms with E-state index >= 15 is 0 Å². The molecule has 0 saturated heterocycles. The van der Waals surface area contributed by atoms with Crippen LogP contribution in [0.1, 0.15) is 20.3 Å². The van der Waals surface area contributed by atoms with Crippen LogP contribution in [-0.2, 0) is 19.1 Å². The van der Waals surface area contributed by atoms with Crippen molar-refractivity contribution in [3.63, 3.8) is 0 Å². The first-order valence-corrected chi connectivity index (χ1v) is 7.50. The van der Waals surface area contributed by atoms with Crippen molar-refractivity contribution in [3.05, 3.63) is 12.2 Å². The van der Waals surface area contributed by atoms with Gasteiger partial charge in [-0.2, -0.15) is 11.8 Å². The molecule has 1 atom stereocenters. The number of hydrogen-bond acceptors (Lipinski definition) is 5. The molecule has 110 valence electrons. The van der Waals surface area contributed by atoms with Gasteiger partial charge in [0.05, 0.1) is 12.5 Å². The van der Waals surface area contributed by atoms with Crippen molar-refractivity contribution in [2.75, 3.05) is 31.3 Å². The Morgan fingerprint density at radius 3 is 2.47 bits per heavy atom. The van der Waals surface area contributed by atoms with Crippen molar-refractivity contribution in [2.45, 2.75) is 20.3 Å². The lowest BCUT2D eigenvalue weighted by molar-refractivity contribution is -0.360. The summed E-state index contributed by atoms with van der Waals surface area (Å²) in [6.45, 7) is 7.93. The average molecular weight is 290 g/mol. The van der Waals surface area contributed by atoms with Crippen LogP contribution < -0.4 is 5.73 Å². The van der Waals surface area contributed by atoms with Crippen LogP contribution in [-0.4, -0.2) is 43.2 Å². The summed E-state index contributed by atoms with van der Waals surface area (Å²) in [6, 6.07) is 0. The minimum Gasteiger partial charge on any atom is -0.462 e. The van der Waals surface area contributed by atoms with Gasteiger partial charge in [-0.1, -0.05) is 13.5 Å². The summed E-state index contributed by atoms with van der Waals surface area (Å²) in [7, 11) is 0. The first kappa shape index (κ1) is 18.0. The van der Waals surface area contributed by atoms with Gasteiger partial charge < -0.3 is 15.2 Å². The molecule has 0 fully saturated rings. The third-order valence-electron chi connectivity index (χ3n) is 2.30. The fourth-order valence-electron chi connectivity index (χ4n) is 1.12. The first-order chi connectivity index (χ1) is 8.99. The summed E-state index contributed by atoms with van der Waals surface area (Å²) < 4.78 is 9.84. The summed E-state index contributed by atoms with van der Waals surface area (Å²) >= 11 is 1.79. The fourth-order valence-corrected chi connectivity index (χ4v) is 2.05. The Kier molecular flexibility index (Phi) is 10.3. The molecular formula is C13H24NO4S+. The van der Waals surface area contributed by atoms with E-state index in [-0.39, 0.29) is 25.1 Å². The molecule has 5 nitrogen and oxygen atoms in total. The van der Waals surface area contributed by atoms with Crippen LogP contribution in [0.15, 0.2) is 12.2 Å². The molecule has 0 heterocycles. The van der Waals surface area contributed by atoms with Crippen molar-refractivity contribution in [1.82, 2.24) is 0 Å². The van der Waals surface area contributed by atoms with Gasteiger partial charge in [0, 0.05) is 11.3 Å². The number of ether oxygens (including phenoxy) is 2. The van der Waals surface area contributed by atoms with E-state index < -0.39 is 5.97 Å². The summed E-state index contributed by atoms with van der Waals surface area (Å²) in [5.41, 5.74) is 4.09. The second-order valence-electron chi connectivity index (χ2n) is 4.24. The SMILES string of the molecule is C=C(C)C(=O)OCCOC(=O)C(C)CCSCC[NH3+]. The normalized spacial score (nSPS) is 11.7. The van der Waals surface area contributed by atoms with Crippen LogP contribution in [0.3, 0.4) is 0 Å². The van der Waals surface area contributed by atoms with Gasteiger partial charge in [0.15, 0.2) is 0 Å². The van der Waals surface area contributed by atoms with E-state index in [0.29, 0.717) is 5.57 Å². The second kappa shape index (κ2) is 10.9. The number of thioether (sulfide) groups is 1. The minimum absolute atomic E-state index is 0.0698. The zero-order valence-electron chi connectivity index (χ0n) is 11.8. The Labute approximate surface area is 118 Å². The van der Waals surface area contributed by atoms with Gasteiger partial charge in [-0.05, 0) is 19.1 Å². The molecule has 0 radical (unpaired) electrons. The molecule has 0 aromatic rings. The fraction of sp³-hybridized carbons (Fsp3) is 0.692. The molecule has 0 bridgehead atoms. The molecule has 1 unspecified atom stereocenters. The topological polar surface area (TPSA) is 80.2 Å². The molecule has 0 spiro atoms. The largest absolute Gasteiger partial charge is 0.462 e. The summed E-state index contributed by atoms with van der Waals surface area (Å²) in [4.78, 5) is 22.6. The van der Waals surface area contributed by atoms with Gasteiger partial charge in [0.1, 0.15) is 13.2 Å². The van der Waals surface area contributed by atoms with E-state index in [4.69, 9.17) is 9.47 Å². The maximum atomic E-state index is 11.6. The van der Waals surface area contributed by atoms with E-state index in [1.807, 2.05) is 6.92 Å². The minimum atomic E-state index is -0.464. The van der Waals surface area contributed by atoms with Gasteiger partial charge in [-0.15, -0.1) is 0 Å². The van der Waals surface area contributed by atoms with Gasteiger partial charge in [-0.3, -0.25) is 4.79 Å². The third-order valence-corrected chi connectivity index (χ3v) is 3.40. The molecule has 0 aromatic carbocycles. The second-order valence-corrected chi connectivity index (χ2v) is 5.46. The molecule has 0 amide bonds. The molecule has 0 saturated carbocycles. The molecular weight excluding hydrogens is 266 g/mol. The molecule has 19 heavy (non-hydrogen) atoms. The lowest BCUT2D eigenvalue weighted by Crippen LogP contribution is -2.51. The van der Waals surface area contributed by atoms with E-state index in [0.717, 1.165) is 24.5 Å². The van der Waals surface area contributed by atoms with Gasteiger partial charge in [0.25, 0.3) is 0 Å². The van der Waals surface area contributed by atoms with Crippen LogP contribution in [0, 0.1) is 5.92 Å². The Morgan fingerprint density at radius 1 is 1.26 bits per heavy atom. The van der Waals surface area contributed by atoms with Gasteiger partial charge >= 0.3 is 11.9 Å². The van der Waals surface area contributed by atoms with Crippen LogP contribution in [0.2, 0.25) is 0 Å². The molecule has 0 aliphatic heterocycles. The number of quaternary nitrogens is 1. The number of hydrogen-bond donors (Lipinski definition) is 1. The van der Waals surface area contributed by atoms with E-state index in [9.17, 15) is 9.59 Å². The van der Waals surface area contributed by atoms with E-state index in [2.05, 4.69) is 12.3 Å². The Morgan fingerprint density at radius 2 is 1.89 bits per heavy atom. The number of esters is 2. The summed E-state index contributed by atoms with van der Waals surface area (Å²) in [5, 5.41) is 0. The van der Waals surface area contributed by atoms with E-state index in [1.54, 1.807) is 18.7 Å². The highest BCUT2D eigenvalue weighted by atomic mass is 32.2. The molecule has 0 rings (SSSR count). The smallest absolute Gasteiger partial charge is 0.333 e. The van der Waals surface area contributed by atoms with Crippen LogP contribution in [0.5, 0.6) is 0 Å². The van der Waals surface area contributed by atoms with E-state index in [1.165, 1.54) is 0 Å². The van der Waals surface area contributed by atoms with Gasteiger partial charge in [0.2, 0.25) is 0 Å². The quantitative estimate of drug-likeness (QED) is 0.363. The zero-order chi connectivity index (χ0) is 14.7. The van der Waals surface area contributed by atoms with Crippen LogP contribution in [0.25, 0.3) is 0 Å². The number of carbonyl (C=O) groups is 2. The summed E-state index contributed by atoms with van der Waals surface area (Å²) in [6.07, 6.45) is 0.787. The predicted octanol–water partition coefficient (Wildman–Crippen LogP) is 0.650. The highest BCUT2D eigenvalue weighted by molar-refractivity contribution is 7.99. The highest BCUT2D eigenvalue weighted by Crippen LogP contribution is 2.10. The zero-order valence-corrected chi connectivity index (χ0v) is 12.6. The lowest BCUT2D eigenvalue weighted by atomic mass is 10.1. The van der Waals surface area contributed by atoms with Gasteiger partial charge in [-0.25, -0.2) is 4.79 Å². The lowest BCUT2D eigenvalue weighted by Gasteiger charge is -2.11. The molecule has 3 N–H and O–H groups in total. The Balaban J connectivity index is 3.62. The maximum absolute atomic E-state index is 11.6. The average Bonchev–Trinajstić information content (AvgIpc) is 2.38. The standard InChI is InChI=1S/C13H23NO4S/c1-10(2)12(15)17-6-7-18-13(16)11(3)4-8-19-9-5-14/h11H,1,4-9,14H2,2-3H3/p+1. The van der Waals surface area contributed by atoms with Crippen LogP contribution >= 0.6 is 11.8 Å². The van der Waals surface area contributed by atoms with Crippen molar-refractivity contribution in [1.29, 1.82) is 0 Å². The maximum Gasteiger partial charge on any atom is 0.333 e. The molecule has 6 heteroatoms. The molecule has 0 aromatic heterocycles. The van der Waals surface area contributed by atoms with Crippen molar-refractivity contribution < 1.29 is 24.8 Å². The Hall–Kier alpha value is -1.01. The van der Waals surface area contributed by atoms with Crippen molar-refractivity contribution >= 4 is 23.7 Å². The van der Waals surface area contributed by atoms with Crippen molar-refractivity contribution in [3.8, 4) is 0 Å².